The van der Waals surface area contributed by atoms with E-state index in [1.54, 1.807) is 24.3 Å². The maximum absolute atomic E-state index is 9.84. The van der Waals surface area contributed by atoms with Crippen LogP contribution in [0.5, 0.6) is 11.5 Å². The van der Waals surface area contributed by atoms with Gasteiger partial charge in [-0.1, -0.05) is 36.8 Å². The number of aromatic hydroxyl groups is 1. The summed E-state index contributed by atoms with van der Waals surface area (Å²) in [5.74, 6) is 0.924. The average molecular weight is 460 g/mol. The molecule has 5 heteroatoms. The summed E-state index contributed by atoms with van der Waals surface area (Å²) in [4.78, 5) is 9.84. The van der Waals surface area contributed by atoms with E-state index in [1.807, 2.05) is 31.2 Å². The van der Waals surface area contributed by atoms with Crippen molar-refractivity contribution in [3.05, 3.63) is 59.7 Å². The van der Waals surface area contributed by atoms with Gasteiger partial charge in [-0.2, -0.15) is 0 Å². The summed E-state index contributed by atoms with van der Waals surface area (Å²) in [5, 5.41) is 8.85. The van der Waals surface area contributed by atoms with Gasteiger partial charge in [-0.3, -0.25) is 4.79 Å². The second kappa shape index (κ2) is 12.1. The molecule has 3 N–H and O–H groups in total. The molecule has 0 unspecified atom stereocenters. The molecule has 0 spiro atoms. The third kappa shape index (κ3) is 9.00. The molecule has 0 amide bonds. The van der Waals surface area contributed by atoms with Crippen LogP contribution in [0.15, 0.2) is 48.5 Å². The summed E-state index contributed by atoms with van der Waals surface area (Å²) < 4.78 is 4.58. The van der Waals surface area contributed by atoms with Crippen LogP contribution in [0.25, 0.3) is 0 Å². The predicted molar refractivity (Wildman–Crippen MR) is 79.0 cm³/mol. The first-order valence-corrected chi connectivity index (χ1v) is 6.10. The first-order chi connectivity index (χ1) is 9.15. The van der Waals surface area contributed by atoms with Crippen molar-refractivity contribution in [3.8, 4) is 11.5 Å². The number of phenolic OH excluding ortho intramolecular Hbond substituents is 1. The van der Waals surface area contributed by atoms with Crippen molar-refractivity contribution < 1.29 is 41.2 Å². The van der Waals surface area contributed by atoms with E-state index in [9.17, 15) is 4.79 Å². The standard InChI is InChI=1S/C8H8O2.C8H10O.H2O.W/c1-7-2-4-8(5-3-7)10-6-9;1-2-7-3-5-8(9)6-4-7;;/h2-6H,1H3;3-6,9H,2H2,1H3;1H2;. The van der Waals surface area contributed by atoms with E-state index >= 15 is 0 Å². The molecule has 0 aliphatic rings. The van der Waals surface area contributed by atoms with Crippen LogP contribution in [0.1, 0.15) is 18.1 Å². The number of hydrogen-bond donors (Lipinski definition) is 1. The Kier molecular flexibility index (Phi) is 12.5. The monoisotopic (exact) mass is 460 g/mol. The Morgan fingerprint density at radius 3 is 2.00 bits per heavy atom. The van der Waals surface area contributed by atoms with Crippen molar-refractivity contribution in [2.45, 2.75) is 20.3 Å². The average Bonchev–Trinajstić information content (AvgIpc) is 2.43. The second-order valence-electron chi connectivity index (χ2n) is 4.05. The molecule has 2 aromatic carbocycles. The number of hydrogen-bond acceptors (Lipinski definition) is 3. The summed E-state index contributed by atoms with van der Waals surface area (Å²) in [7, 11) is 0. The van der Waals surface area contributed by atoms with E-state index in [0.717, 1.165) is 12.0 Å². The SMILES string of the molecule is CCc1ccc(O)cc1.Cc1ccc(OC=O)cc1.O.[W]. The molecule has 0 bridgehead atoms. The van der Waals surface area contributed by atoms with Crippen LogP contribution in [0.4, 0.5) is 0 Å². The van der Waals surface area contributed by atoms with Crippen LogP contribution in [-0.4, -0.2) is 17.1 Å². The fourth-order valence-electron chi connectivity index (χ4n) is 1.40. The Bertz CT molecular complexity index is 495. The number of rotatable bonds is 3. The van der Waals surface area contributed by atoms with Gasteiger partial charge in [-0.05, 0) is 43.2 Å². The van der Waals surface area contributed by atoms with Gasteiger partial charge in [0, 0.05) is 21.1 Å². The van der Waals surface area contributed by atoms with Crippen LogP contribution in [0.3, 0.4) is 0 Å². The molecule has 0 heterocycles. The fourth-order valence-corrected chi connectivity index (χ4v) is 1.40. The van der Waals surface area contributed by atoms with Crippen molar-refractivity contribution in [3.63, 3.8) is 0 Å². The molecule has 0 aliphatic carbocycles. The van der Waals surface area contributed by atoms with Crippen molar-refractivity contribution in [2.24, 2.45) is 0 Å². The first-order valence-electron chi connectivity index (χ1n) is 6.10. The molecule has 2 rings (SSSR count). The first kappa shape index (κ1) is 21.7. The maximum atomic E-state index is 9.84. The number of benzene rings is 2. The molecule has 0 saturated carbocycles. The predicted octanol–water partition coefficient (Wildman–Crippen LogP) is 2.66. The van der Waals surface area contributed by atoms with Gasteiger partial charge in [0.1, 0.15) is 11.5 Å². The Balaban J connectivity index is 0. The van der Waals surface area contributed by atoms with Gasteiger partial charge in [0.05, 0.1) is 0 Å². The molecule has 0 aromatic heterocycles. The summed E-state index contributed by atoms with van der Waals surface area (Å²) in [6.07, 6.45) is 1.03. The Morgan fingerprint density at radius 2 is 1.57 bits per heavy atom. The molecule has 114 valence electrons. The molecule has 2 aromatic rings. The third-order valence-electron chi connectivity index (χ3n) is 2.55. The molecular formula is C16H20O4W. The minimum atomic E-state index is 0. The molecule has 0 atom stereocenters. The molecule has 0 fully saturated rings. The van der Waals surface area contributed by atoms with Gasteiger partial charge in [0.2, 0.25) is 0 Å². The van der Waals surface area contributed by atoms with Crippen LogP contribution in [0, 0.1) is 6.92 Å². The van der Waals surface area contributed by atoms with E-state index in [0.29, 0.717) is 18.0 Å². The number of aryl methyl sites for hydroxylation is 2. The van der Waals surface area contributed by atoms with Gasteiger partial charge in [0.25, 0.3) is 6.47 Å². The van der Waals surface area contributed by atoms with Crippen LogP contribution >= 0.6 is 0 Å². The molecule has 0 radical (unpaired) electrons. The minimum absolute atomic E-state index is 0. The maximum Gasteiger partial charge on any atom is 0.298 e. The van der Waals surface area contributed by atoms with Crippen LogP contribution in [-0.2, 0) is 32.3 Å². The van der Waals surface area contributed by atoms with Crippen LogP contribution < -0.4 is 4.74 Å². The van der Waals surface area contributed by atoms with Crippen molar-refractivity contribution in [1.29, 1.82) is 0 Å². The zero-order chi connectivity index (χ0) is 14.1. The van der Waals surface area contributed by atoms with E-state index < -0.39 is 0 Å². The molecule has 4 nitrogen and oxygen atoms in total. The Morgan fingerprint density at radius 1 is 1.05 bits per heavy atom. The second-order valence-corrected chi connectivity index (χ2v) is 4.05. The summed E-state index contributed by atoms with van der Waals surface area (Å²) >= 11 is 0. The number of carbonyl (C=O) groups is 1. The molecule has 0 aliphatic heterocycles. The zero-order valence-corrected chi connectivity index (χ0v) is 15.0. The van der Waals surface area contributed by atoms with Gasteiger partial charge >= 0.3 is 0 Å². The topological polar surface area (TPSA) is 78.0 Å². The summed E-state index contributed by atoms with van der Waals surface area (Å²) in [6, 6.07) is 14.5. The van der Waals surface area contributed by atoms with Gasteiger partial charge in [0.15, 0.2) is 0 Å². The van der Waals surface area contributed by atoms with Gasteiger partial charge in [-0.25, -0.2) is 0 Å². The Labute approximate surface area is 139 Å². The smallest absolute Gasteiger partial charge is 0.298 e. The van der Waals surface area contributed by atoms with Gasteiger partial charge in [-0.15, -0.1) is 0 Å². The molecule has 21 heavy (non-hydrogen) atoms. The minimum Gasteiger partial charge on any atom is -0.508 e. The van der Waals surface area contributed by atoms with E-state index in [-0.39, 0.29) is 26.5 Å². The quantitative estimate of drug-likeness (QED) is 0.716. The Hall–Kier alpha value is -1.64. The fraction of sp³-hybridized carbons (Fsp3) is 0.188. The largest absolute Gasteiger partial charge is 0.508 e. The summed E-state index contributed by atoms with van der Waals surface area (Å²) in [5.41, 5.74) is 2.41. The molecular weight excluding hydrogens is 440 g/mol. The van der Waals surface area contributed by atoms with Crippen LogP contribution in [0.2, 0.25) is 0 Å². The van der Waals surface area contributed by atoms with Crippen molar-refractivity contribution in [2.75, 3.05) is 0 Å². The normalized spacial score (nSPS) is 8.29. The number of carbonyl (C=O) groups excluding carboxylic acids is 1. The summed E-state index contributed by atoms with van der Waals surface area (Å²) in [6.45, 7) is 4.49. The zero-order valence-electron chi connectivity index (χ0n) is 12.1. The van der Waals surface area contributed by atoms with E-state index in [2.05, 4.69) is 11.7 Å². The number of phenols is 1. The molecule has 0 saturated heterocycles. The number of ether oxygens (including phenoxy) is 1. The van der Waals surface area contributed by atoms with E-state index in [4.69, 9.17) is 5.11 Å². The van der Waals surface area contributed by atoms with Crippen molar-refractivity contribution in [1.82, 2.24) is 0 Å². The van der Waals surface area contributed by atoms with Gasteiger partial charge < -0.3 is 15.3 Å². The van der Waals surface area contributed by atoms with Crippen molar-refractivity contribution >= 4 is 6.47 Å². The third-order valence-corrected chi connectivity index (χ3v) is 2.55. The van der Waals surface area contributed by atoms with E-state index in [1.165, 1.54) is 5.56 Å².